The van der Waals surface area contributed by atoms with Gasteiger partial charge in [0.05, 0.1) is 34.8 Å². The number of amides is 1. The van der Waals surface area contributed by atoms with Gasteiger partial charge < -0.3 is 10.1 Å². The molecule has 1 N–H and O–H groups in total. The second-order valence-corrected chi connectivity index (χ2v) is 8.36. The minimum atomic E-state index is -3.80. The topological polar surface area (TPSA) is 75.7 Å². The summed E-state index contributed by atoms with van der Waals surface area (Å²) >= 11 is 18.0. The normalized spacial score (nSPS) is 11.1. The highest BCUT2D eigenvalue weighted by Crippen LogP contribution is 2.34. The summed E-state index contributed by atoms with van der Waals surface area (Å²) in [6.07, 6.45) is 0.970. The Bertz CT molecular complexity index is 935. The number of nitrogens with one attached hydrogen (secondary N) is 1. The molecular weight excluding hydrogens is 423 g/mol. The monoisotopic (exact) mass is 436 g/mol. The number of ether oxygens (including phenoxy) is 1. The summed E-state index contributed by atoms with van der Waals surface area (Å²) in [7, 11) is -2.36. The molecular formula is C16H15Cl3N2O4S. The first-order valence-electron chi connectivity index (χ1n) is 7.18. The molecule has 6 nitrogen and oxygen atoms in total. The van der Waals surface area contributed by atoms with Crippen LogP contribution in [0.15, 0.2) is 36.4 Å². The molecule has 2 aromatic carbocycles. The van der Waals surface area contributed by atoms with Gasteiger partial charge in [0.1, 0.15) is 12.3 Å². The molecule has 0 saturated carbocycles. The Morgan fingerprint density at radius 1 is 1.19 bits per heavy atom. The van der Waals surface area contributed by atoms with Crippen LogP contribution in [0.5, 0.6) is 5.75 Å². The summed E-state index contributed by atoms with van der Waals surface area (Å²) in [4.78, 5) is 12.4. The smallest absolute Gasteiger partial charge is 0.245 e. The average Bonchev–Trinajstić information content (AvgIpc) is 2.55. The van der Waals surface area contributed by atoms with Gasteiger partial charge in [-0.1, -0.05) is 40.9 Å². The Labute approximate surface area is 166 Å². The van der Waals surface area contributed by atoms with Gasteiger partial charge in [0.25, 0.3) is 0 Å². The van der Waals surface area contributed by atoms with E-state index in [1.54, 1.807) is 18.2 Å². The summed E-state index contributed by atoms with van der Waals surface area (Å²) < 4.78 is 30.3. The van der Waals surface area contributed by atoms with Crippen molar-refractivity contribution >= 4 is 62.1 Å². The van der Waals surface area contributed by atoms with Crippen LogP contribution in [-0.2, 0) is 14.8 Å². The van der Waals surface area contributed by atoms with Crippen LogP contribution in [0.1, 0.15) is 0 Å². The fraction of sp³-hybridized carbons (Fsp3) is 0.188. The maximum Gasteiger partial charge on any atom is 0.245 e. The van der Waals surface area contributed by atoms with E-state index in [1.165, 1.54) is 25.3 Å². The van der Waals surface area contributed by atoms with Gasteiger partial charge in [0, 0.05) is 5.02 Å². The van der Waals surface area contributed by atoms with E-state index in [9.17, 15) is 13.2 Å². The quantitative estimate of drug-likeness (QED) is 0.739. The number of halogens is 3. The molecule has 0 saturated heterocycles. The van der Waals surface area contributed by atoms with Crippen LogP contribution in [0, 0.1) is 0 Å². The lowest BCUT2D eigenvalue weighted by Gasteiger charge is -2.23. The van der Waals surface area contributed by atoms with Crippen molar-refractivity contribution in [3.05, 3.63) is 51.5 Å². The fourth-order valence-corrected chi connectivity index (χ4v) is 3.65. The zero-order chi connectivity index (χ0) is 19.5. The Morgan fingerprint density at radius 3 is 2.50 bits per heavy atom. The standard InChI is InChI=1S/C16H15Cl3N2O4S/c1-25-14-7-6-10(17)8-12(14)20-15(22)9-21(26(2,23)24)13-5-3-4-11(18)16(13)19/h3-8H,9H2,1-2H3,(H,20,22). The van der Waals surface area contributed by atoms with Crippen molar-refractivity contribution < 1.29 is 17.9 Å². The van der Waals surface area contributed by atoms with Crippen molar-refractivity contribution in [3.8, 4) is 5.75 Å². The third-order valence-corrected chi connectivity index (χ3v) is 5.49. The van der Waals surface area contributed by atoms with Crippen molar-refractivity contribution in [2.75, 3.05) is 29.5 Å². The van der Waals surface area contributed by atoms with Gasteiger partial charge in [0.2, 0.25) is 15.9 Å². The Balaban J connectivity index is 2.31. The van der Waals surface area contributed by atoms with Crippen LogP contribution in [-0.4, -0.2) is 34.2 Å². The predicted molar refractivity (Wildman–Crippen MR) is 105 cm³/mol. The minimum absolute atomic E-state index is 0.0349. The van der Waals surface area contributed by atoms with Gasteiger partial charge in [-0.3, -0.25) is 9.10 Å². The molecule has 0 bridgehead atoms. The Kier molecular flexibility index (Phi) is 6.63. The number of carbonyl (C=O) groups is 1. The molecule has 26 heavy (non-hydrogen) atoms. The van der Waals surface area contributed by atoms with Crippen LogP contribution in [0.4, 0.5) is 11.4 Å². The molecule has 0 aromatic heterocycles. The van der Waals surface area contributed by atoms with Crippen molar-refractivity contribution in [3.63, 3.8) is 0 Å². The molecule has 0 fully saturated rings. The van der Waals surface area contributed by atoms with E-state index in [1.807, 2.05) is 0 Å². The third kappa shape index (κ3) is 4.94. The first kappa shape index (κ1) is 20.6. The van der Waals surface area contributed by atoms with E-state index >= 15 is 0 Å². The number of hydrogen-bond acceptors (Lipinski definition) is 4. The lowest BCUT2D eigenvalue weighted by Crippen LogP contribution is -2.37. The Hall–Kier alpha value is -1.67. The summed E-state index contributed by atoms with van der Waals surface area (Å²) in [6, 6.07) is 9.20. The SMILES string of the molecule is COc1ccc(Cl)cc1NC(=O)CN(c1cccc(Cl)c1Cl)S(C)(=O)=O. The zero-order valence-electron chi connectivity index (χ0n) is 13.8. The average molecular weight is 438 g/mol. The van der Waals surface area contributed by atoms with E-state index in [2.05, 4.69) is 5.32 Å². The number of anilines is 2. The van der Waals surface area contributed by atoms with Gasteiger partial charge in [-0.15, -0.1) is 0 Å². The van der Waals surface area contributed by atoms with Gasteiger partial charge in [-0.2, -0.15) is 0 Å². The lowest BCUT2D eigenvalue weighted by atomic mass is 10.3. The van der Waals surface area contributed by atoms with Crippen LogP contribution in [0.25, 0.3) is 0 Å². The van der Waals surface area contributed by atoms with Crippen molar-refractivity contribution in [2.45, 2.75) is 0 Å². The van der Waals surface area contributed by atoms with Crippen molar-refractivity contribution in [1.29, 1.82) is 0 Å². The molecule has 0 radical (unpaired) electrons. The highest BCUT2D eigenvalue weighted by molar-refractivity contribution is 7.92. The van der Waals surface area contributed by atoms with E-state index in [0.29, 0.717) is 16.5 Å². The molecule has 1 amide bonds. The number of benzene rings is 2. The molecule has 0 spiro atoms. The summed E-state index contributed by atoms with van der Waals surface area (Å²) in [5.74, 6) is -0.221. The number of sulfonamides is 1. The predicted octanol–water partition coefficient (Wildman–Crippen LogP) is 4.06. The molecule has 0 atom stereocenters. The first-order chi connectivity index (χ1) is 12.1. The molecule has 0 aliphatic heterocycles. The highest BCUT2D eigenvalue weighted by Gasteiger charge is 2.24. The van der Waals surface area contributed by atoms with Crippen molar-refractivity contribution in [2.24, 2.45) is 0 Å². The highest BCUT2D eigenvalue weighted by atomic mass is 35.5. The van der Waals surface area contributed by atoms with Gasteiger partial charge >= 0.3 is 0 Å². The Morgan fingerprint density at radius 2 is 1.88 bits per heavy atom. The molecule has 0 unspecified atom stereocenters. The maximum absolute atomic E-state index is 12.4. The molecule has 140 valence electrons. The van der Waals surface area contributed by atoms with E-state index < -0.39 is 22.5 Å². The van der Waals surface area contributed by atoms with E-state index in [4.69, 9.17) is 39.5 Å². The molecule has 10 heteroatoms. The summed E-state index contributed by atoms with van der Waals surface area (Å²) in [6.45, 7) is -0.505. The van der Waals surface area contributed by atoms with Crippen LogP contribution in [0.2, 0.25) is 15.1 Å². The van der Waals surface area contributed by atoms with Crippen molar-refractivity contribution in [1.82, 2.24) is 0 Å². The van der Waals surface area contributed by atoms with Crippen LogP contribution < -0.4 is 14.4 Å². The van der Waals surface area contributed by atoms with Gasteiger partial charge in [-0.25, -0.2) is 8.42 Å². The van der Waals surface area contributed by atoms with Crippen LogP contribution >= 0.6 is 34.8 Å². The molecule has 0 aliphatic rings. The number of nitrogens with zero attached hydrogens (tertiary/aromatic N) is 1. The molecule has 2 aromatic rings. The van der Waals surface area contributed by atoms with E-state index in [-0.39, 0.29) is 15.7 Å². The number of hydrogen-bond donors (Lipinski definition) is 1. The number of carbonyl (C=O) groups excluding carboxylic acids is 1. The molecule has 0 aliphatic carbocycles. The minimum Gasteiger partial charge on any atom is -0.495 e. The summed E-state index contributed by atoms with van der Waals surface area (Å²) in [5, 5.41) is 3.18. The largest absolute Gasteiger partial charge is 0.495 e. The zero-order valence-corrected chi connectivity index (χ0v) is 16.9. The number of methoxy groups -OCH3 is 1. The van der Waals surface area contributed by atoms with E-state index in [0.717, 1.165) is 10.6 Å². The molecule has 2 rings (SSSR count). The maximum atomic E-state index is 12.4. The molecule has 0 heterocycles. The van der Waals surface area contributed by atoms with Gasteiger partial charge in [0.15, 0.2) is 0 Å². The second kappa shape index (κ2) is 8.35. The lowest BCUT2D eigenvalue weighted by molar-refractivity contribution is -0.114. The third-order valence-electron chi connectivity index (χ3n) is 3.32. The first-order valence-corrected chi connectivity index (χ1v) is 10.2. The second-order valence-electron chi connectivity index (χ2n) is 5.24. The summed E-state index contributed by atoms with van der Waals surface area (Å²) in [5.41, 5.74) is 0.422. The fourth-order valence-electron chi connectivity index (χ4n) is 2.16. The number of rotatable bonds is 6. The van der Waals surface area contributed by atoms with Crippen LogP contribution in [0.3, 0.4) is 0 Å². The van der Waals surface area contributed by atoms with Gasteiger partial charge in [-0.05, 0) is 30.3 Å².